The van der Waals surface area contributed by atoms with Gasteiger partial charge in [-0.25, -0.2) is 0 Å². The molecule has 0 aromatic heterocycles. The molecule has 4 rings (SSSR count). The molecule has 3 heterocycles. The second kappa shape index (κ2) is 7.88. The monoisotopic (exact) mass is 341 g/mol. The molecule has 136 valence electrons. The van der Waals surface area contributed by atoms with Gasteiger partial charge < -0.3 is 5.32 Å². The summed E-state index contributed by atoms with van der Waals surface area (Å²) in [5, 5.41) is 3.41. The van der Waals surface area contributed by atoms with Crippen molar-refractivity contribution >= 4 is 5.91 Å². The van der Waals surface area contributed by atoms with Crippen LogP contribution in [-0.2, 0) is 11.3 Å². The van der Waals surface area contributed by atoms with Crippen LogP contribution in [0, 0.1) is 5.92 Å². The Morgan fingerprint density at radius 1 is 0.960 bits per heavy atom. The maximum absolute atomic E-state index is 12.7. The van der Waals surface area contributed by atoms with Gasteiger partial charge in [-0.05, 0) is 57.3 Å². The van der Waals surface area contributed by atoms with E-state index < -0.39 is 0 Å². The Kier molecular flexibility index (Phi) is 5.37. The Bertz CT molecular complexity index is 568. The normalized spacial score (nSPS) is 28.6. The van der Waals surface area contributed by atoms with Gasteiger partial charge in [0, 0.05) is 31.1 Å². The number of carbonyl (C=O) groups is 1. The van der Waals surface area contributed by atoms with Crippen LogP contribution < -0.4 is 5.32 Å². The van der Waals surface area contributed by atoms with E-state index in [1.165, 1.54) is 37.9 Å². The van der Waals surface area contributed by atoms with Gasteiger partial charge in [-0.1, -0.05) is 36.8 Å². The Balaban J connectivity index is 1.24. The molecule has 0 unspecified atom stereocenters. The van der Waals surface area contributed by atoms with Crippen molar-refractivity contribution in [2.45, 2.75) is 57.2 Å². The third-order valence-electron chi connectivity index (χ3n) is 6.39. The van der Waals surface area contributed by atoms with E-state index in [2.05, 4.69) is 45.4 Å². The molecule has 0 spiro atoms. The quantitative estimate of drug-likeness (QED) is 0.914. The maximum atomic E-state index is 12.7. The summed E-state index contributed by atoms with van der Waals surface area (Å²) in [6.07, 6.45) is 7.06. The predicted octanol–water partition coefficient (Wildman–Crippen LogP) is 2.64. The van der Waals surface area contributed by atoms with Crippen LogP contribution in [-0.4, -0.2) is 54.0 Å². The number of hydrogen-bond acceptors (Lipinski definition) is 3. The third kappa shape index (κ3) is 4.06. The molecular weight excluding hydrogens is 310 g/mol. The number of nitrogens with zero attached hydrogens (tertiary/aromatic N) is 2. The lowest BCUT2D eigenvalue weighted by atomic mass is 9.93. The van der Waals surface area contributed by atoms with E-state index in [1.54, 1.807) is 0 Å². The number of hydrogen-bond donors (Lipinski definition) is 1. The zero-order chi connectivity index (χ0) is 17.1. The fraction of sp³-hybridized carbons (Fsp3) is 0.667. The largest absolute Gasteiger partial charge is 0.352 e. The number of amides is 1. The van der Waals surface area contributed by atoms with Gasteiger partial charge in [0.15, 0.2) is 0 Å². The van der Waals surface area contributed by atoms with Gasteiger partial charge in [-0.3, -0.25) is 14.6 Å². The van der Waals surface area contributed by atoms with E-state index in [-0.39, 0.29) is 5.92 Å². The van der Waals surface area contributed by atoms with Crippen molar-refractivity contribution < 1.29 is 4.79 Å². The number of likely N-dealkylation sites (tertiary alicyclic amines) is 1. The van der Waals surface area contributed by atoms with E-state index in [0.29, 0.717) is 18.0 Å². The molecule has 0 aliphatic carbocycles. The smallest absolute Gasteiger partial charge is 0.223 e. The highest BCUT2D eigenvalue weighted by atomic mass is 16.2. The molecule has 1 aromatic rings. The first kappa shape index (κ1) is 17.0. The summed E-state index contributed by atoms with van der Waals surface area (Å²) in [5.74, 6) is 0.529. The minimum absolute atomic E-state index is 0.213. The highest BCUT2D eigenvalue weighted by Crippen LogP contribution is 2.28. The van der Waals surface area contributed by atoms with Crippen molar-refractivity contribution in [3.63, 3.8) is 0 Å². The Labute approximate surface area is 151 Å². The Morgan fingerprint density at radius 3 is 2.56 bits per heavy atom. The molecule has 1 aromatic carbocycles. The number of nitrogens with one attached hydrogen (secondary N) is 1. The van der Waals surface area contributed by atoms with E-state index in [4.69, 9.17) is 0 Å². The minimum atomic E-state index is 0.213. The summed E-state index contributed by atoms with van der Waals surface area (Å²) in [6, 6.07) is 11.7. The first-order valence-electron chi connectivity index (χ1n) is 10.1. The van der Waals surface area contributed by atoms with Crippen LogP contribution in [0.1, 0.15) is 44.1 Å². The number of carbonyl (C=O) groups excluding carboxylic acids is 1. The molecule has 3 saturated heterocycles. The SMILES string of the molecule is O=C(N[C@@H]1CCN2CCCC[C@@H]12)C1CCN(Cc2ccccc2)CC1. The summed E-state index contributed by atoms with van der Waals surface area (Å²) in [5.41, 5.74) is 1.37. The summed E-state index contributed by atoms with van der Waals surface area (Å²) >= 11 is 0. The molecule has 0 saturated carbocycles. The van der Waals surface area contributed by atoms with E-state index in [0.717, 1.165) is 38.9 Å². The van der Waals surface area contributed by atoms with Crippen molar-refractivity contribution in [1.82, 2.24) is 15.1 Å². The van der Waals surface area contributed by atoms with Crippen LogP contribution in [0.5, 0.6) is 0 Å². The second-order valence-corrected chi connectivity index (χ2v) is 8.04. The van der Waals surface area contributed by atoms with Crippen molar-refractivity contribution in [3.8, 4) is 0 Å². The molecule has 4 nitrogen and oxygen atoms in total. The lowest BCUT2D eigenvalue weighted by molar-refractivity contribution is -0.127. The molecule has 3 fully saturated rings. The molecule has 4 heteroatoms. The lowest BCUT2D eigenvalue weighted by Gasteiger charge is -2.34. The summed E-state index contributed by atoms with van der Waals surface area (Å²) < 4.78 is 0. The predicted molar refractivity (Wildman–Crippen MR) is 100 cm³/mol. The lowest BCUT2D eigenvalue weighted by Crippen LogP contribution is -2.49. The van der Waals surface area contributed by atoms with Crippen LogP contribution in [0.2, 0.25) is 0 Å². The van der Waals surface area contributed by atoms with E-state index in [1.807, 2.05) is 0 Å². The average molecular weight is 341 g/mol. The number of piperidine rings is 2. The third-order valence-corrected chi connectivity index (χ3v) is 6.39. The molecular formula is C21H31N3O. The molecule has 1 N–H and O–H groups in total. The first-order valence-corrected chi connectivity index (χ1v) is 10.1. The fourth-order valence-electron chi connectivity index (χ4n) is 4.91. The van der Waals surface area contributed by atoms with Crippen LogP contribution in [0.3, 0.4) is 0 Å². The van der Waals surface area contributed by atoms with E-state index >= 15 is 0 Å². The second-order valence-electron chi connectivity index (χ2n) is 8.04. The van der Waals surface area contributed by atoms with Gasteiger partial charge in [0.1, 0.15) is 0 Å². The molecule has 3 aliphatic heterocycles. The van der Waals surface area contributed by atoms with Crippen molar-refractivity contribution in [2.24, 2.45) is 5.92 Å². The van der Waals surface area contributed by atoms with Crippen LogP contribution in [0.25, 0.3) is 0 Å². The number of benzene rings is 1. The summed E-state index contributed by atoms with van der Waals surface area (Å²) in [7, 11) is 0. The molecule has 0 radical (unpaired) electrons. The molecule has 0 bridgehead atoms. The van der Waals surface area contributed by atoms with Crippen LogP contribution in [0.15, 0.2) is 30.3 Å². The maximum Gasteiger partial charge on any atom is 0.223 e. The van der Waals surface area contributed by atoms with Crippen molar-refractivity contribution in [2.75, 3.05) is 26.2 Å². The highest BCUT2D eigenvalue weighted by molar-refractivity contribution is 5.79. The number of fused-ring (bicyclic) bond motifs is 1. The minimum Gasteiger partial charge on any atom is -0.352 e. The zero-order valence-corrected chi connectivity index (χ0v) is 15.2. The zero-order valence-electron chi connectivity index (χ0n) is 15.2. The first-order chi connectivity index (χ1) is 12.3. The van der Waals surface area contributed by atoms with Gasteiger partial charge in [-0.15, -0.1) is 0 Å². The Morgan fingerprint density at radius 2 is 1.76 bits per heavy atom. The standard InChI is InChI=1S/C21H31N3O/c25-21(22-19-11-15-24-12-5-4-8-20(19)24)18-9-13-23(14-10-18)16-17-6-2-1-3-7-17/h1-3,6-7,18-20H,4-5,8-16H2,(H,22,25)/t19-,20+/m1/s1. The van der Waals surface area contributed by atoms with Gasteiger partial charge in [0.05, 0.1) is 0 Å². The highest BCUT2D eigenvalue weighted by Gasteiger charge is 2.37. The Hall–Kier alpha value is -1.39. The van der Waals surface area contributed by atoms with Crippen molar-refractivity contribution in [1.29, 1.82) is 0 Å². The van der Waals surface area contributed by atoms with Crippen molar-refractivity contribution in [3.05, 3.63) is 35.9 Å². The molecule has 25 heavy (non-hydrogen) atoms. The van der Waals surface area contributed by atoms with Gasteiger partial charge >= 0.3 is 0 Å². The van der Waals surface area contributed by atoms with E-state index in [9.17, 15) is 4.79 Å². The number of rotatable bonds is 4. The van der Waals surface area contributed by atoms with Gasteiger partial charge in [0.25, 0.3) is 0 Å². The fourth-order valence-corrected chi connectivity index (χ4v) is 4.91. The summed E-state index contributed by atoms with van der Waals surface area (Å²) in [4.78, 5) is 17.8. The van der Waals surface area contributed by atoms with Gasteiger partial charge in [-0.2, -0.15) is 0 Å². The average Bonchev–Trinajstić information content (AvgIpc) is 3.06. The molecule has 3 aliphatic rings. The summed E-state index contributed by atoms with van der Waals surface area (Å²) in [6.45, 7) is 5.48. The molecule has 1 amide bonds. The van der Waals surface area contributed by atoms with Crippen LogP contribution in [0.4, 0.5) is 0 Å². The molecule has 2 atom stereocenters. The van der Waals surface area contributed by atoms with Gasteiger partial charge in [0.2, 0.25) is 5.91 Å². The van der Waals surface area contributed by atoms with Crippen LogP contribution >= 0.6 is 0 Å². The topological polar surface area (TPSA) is 35.6 Å².